The zero-order chi connectivity index (χ0) is 21.2. The lowest BCUT2D eigenvalue weighted by molar-refractivity contribution is -0.167. The molecule has 5 heteroatoms. The first-order valence-electron chi connectivity index (χ1n) is 10.6. The monoisotopic (exact) mass is 398 g/mol. The molecule has 0 spiro atoms. The van der Waals surface area contributed by atoms with Crippen molar-refractivity contribution in [2.45, 2.75) is 59.0 Å². The molecule has 5 unspecified atom stereocenters. The minimum atomic E-state index is -1.51. The zero-order valence-electron chi connectivity index (χ0n) is 17.7. The van der Waals surface area contributed by atoms with E-state index in [2.05, 4.69) is 13.0 Å². The second-order valence-electron chi connectivity index (χ2n) is 9.75. The van der Waals surface area contributed by atoms with Gasteiger partial charge in [0, 0.05) is 17.8 Å². The van der Waals surface area contributed by atoms with Gasteiger partial charge >= 0.3 is 5.97 Å². The Labute approximate surface area is 171 Å². The predicted molar refractivity (Wildman–Crippen MR) is 108 cm³/mol. The van der Waals surface area contributed by atoms with E-state index in [9.17, 15) is 19.5 Å². The summed E-state index contributed by atoms with van der Waals surface area (Å²) in [5, 5.41) is 11.7. The SMILES string of the molecule is CC(=O)OCC(=O)[C@@]1(O)C(C)CC2C3CCC4=CC(=O)C=CC4(C)C3=CCC21C. The predicted octanol–water partition coefficient (Wildman–Crippen LogP) is 3.32. The number of aliphatic hydroxyl groups is 1. The van der Waals surface area contributed by atoms with Crippen LogP contribution in [0.3, 0.4) is 0 Å². The molecule has 1 N–H and O–H groups in total. The van der Waals surface area contributed by atoms with Gasteiger partial charge in [-0.25, -0.2) is 0 Å². The Morgan fingerprint density at radius 3 is 2.72 bits per heavy atom. The first-order valence-corrected chi connectivity index (χ1v) is 10.6. The fraction of sp³-hybridized carbons (Fsp3) is 0.625. The normalized spacial score (nSPS) is 42.9. The molecule has 0 aromatic heterocycles. The molecule has 29 heavy (non-hydrogen) atoms. The maximum atomic E-state index is 13.0. The van der Waals surface area contributed by atoms with Crippen molar-refractivity contribution in [2.75, 3.05) is 6.61 Å². The number of allylic oxidation sites excluding steroid dienone is 6. The summed E-state index contributed by atoms with van der Waals surface area (Å²) in [7, 11) is 0. The molecule has 6 atom stereocenters. The first kappa shape index (κ1) is 20.3. The highest BCUT2D eigenvalue weighted by molar-refractivity contribution is 6.01. The Balaban J connectivity index is 1.71. The maximum Gasteiger partial charge on any atom is 0.303 e. The molecule has 156 valence electrons. The highest BCUT2D eigenvalue weighted by Gasteiger charge is 2.67. The summed E-state index contributed by atoms with van der Waals surface area (Å²) in [6, 6.07) is 0. The van der Waals surface area contributed by atoms with Crippen LogP contribution in [-0.4, -0.2) is 34.9 Å². The second-order valence-corrected chi connectivity index (χ2v) is 9.75. The van der Waals surface area contributed by atoms with E-state index in [4.69, 9.17) is 4.74 Å². The third kappa shape index (κ3) is 2.66. The standard InChI is InChI=1S/C24H30O5/c1-14-11-20-18-6-5-16-12-17(26)7-9-22(16,3)19(18)8-10-23(20,4)24(14,28)21(27)13-29-15(2)25/h7-9,12,14,18,20,28H,5-6,10-11,13H2,1-4H3/t14?,18?,20?,22?,23?,24-/m0/s1. The molecule has 2 fully saturated rings. The highest BCUT2D eigenvalue weighted by Crippen LogP contribution is 2.66. The van der Waals surface area contributed by atoms with Crippen LogP contribution in [-0.2, 0) is 19.1 Å². The summed E-state index contributed by atoms with van der Waals surface area (Å²) in [6.45, 7) is 7.03. The Kier molecular flexibility index (Phi) is 4.54. The minimum absolute atomic E-state index is 0.0529. The van der Waals surface area contributed by atoms with Crippen molar-refractivity contribution >= 4 is 17.5 Å². The summed E-state index contributed by atoms with van der Waals surface area (Å²) in [4.78, 5) is 36.1. The van der Waals surface area contributed by atoms with Gasteiger partial charge in [0.05, 0.1) is 0 Å². The van der Waals surface area contributed by atoms with Crippen LogP contribution in [0.1, 0.15) is 53.4 Å². The molecule has 2 saturated carbocycles. The van der Waals surface area contributed by atoms with E-state index in [0.717, 1.165) is 19.3 Å². The number of hydrogen-bond donors (Lipinski definition) is 1. The molecule has 4 rings (SSSR count). The van der Waals surface area contributed by atoms with Gasteiger partial charge in [-0.2, -0.15) is 0 Å². The van der Waals surface area contributed by atoms with Gasteiger partial charge in [-0.3, -0.25) is 14.4 Å². The number of hydrogen-bond acceptors (Lipinski definition) is 5. The van der Waals surface area contributed by atoms with Crippen molar-refractivity contribution < 1.29 is 24.2 Å². The van der Waals surface area contributed by atoms with Gasteiger partial charge in [0.25, 0.3) is 0 Å². The number of rotatable bonds is 3. The quantitative estimate of drug-likeness (QED) is 0.583. The average Bonchev–Trinajstić information content (AvgIpc) is 2.88. The van der Waals surface area contributed by atoms with E-state index in [1.54, 1.807) is 12.2 Å². The Bertz CT molecular complexity index is 880. The lowest BCUT2D eigenvalue weighted by atomic mass is 9.51. The van der Waals surface area contributed by atoms with Crippen molar-refractivity contribution in [1.82, 2.24) is 0 Å². The lowest BCUT2D eigenvalue weighted by Crippen LogP contribution is -2.57. The Hall–Kier alpha value is -2.01. The zero-order valence-corrected chi connectivity index (χ0v) is 17.7. The molecule has 0 aromatic rings. The molecule has 0 saturated heterocycles. The number of ketones is 2. The van der Waals surface area contributed by atoms with Crippen LogP contribution in [0, 0.1) is 28.6 Å². The summed E-state index contributed by atoms with van der Waals surface area (Å²) in [6.07, 6.45) is 10.8. The molecular weight excluding hydrogens is 368 g/mol. The van der Waals surface area contributed by atoms with E-state index in [1.165, 1.54) is 18.1 Å². The topological polar surface area (TPSA) is 80.7 Å². The molecule has 4 aliphatic carbocycles. The molecule has 5 nitrogen and oxygen atoms in total. The number of Topliss-reactive ketones (excluding diaryl/α,β-unsaturated/α-hetero) is 1. The van der Waals surface area contributed by atoms with Gasteiger partial charge in [0.15, 0.2) is 12.4 Å². The van der Waals surface area contributed by atoms with Crippen molar-refractivity contribution in [3.63, 3.8) is 0 Å². The average molecular weight is 398 g/mol. The largest absolute Gasteiger partial charge is 0.458 e. The number of carbonyl (C=O) groups excluding carboxylic acids is 3. The van der Waals surface area contributed by atoms with Crippen LogP contribution in [0.2, 0.25) is 0 Å². The van der Waals surface area contributed by atoms with Crippen LogP contribution in [0.25, 0.3) is 0 Å². The number of ether oxygens (including phenoxy) is 1. The number of carbonyl (C=O) groups is 3. The first-order chi connectivity index (χ1) is 13.5. The van der Waals surface area contributed by atoms with E-state index in [0.29, 0.717) is 6.42 Å². The number of fused-ring (bicyclic) bond motifs is 5. The van der Waals surface area contributed by atoms with Gasteiger partial charge < -0.3 is 9.84 Å². The van der Waals surface area contributed by atoms with E-state index < -0.39 is 22.8 Å². The van der Waals surface area contributed by atoms with Crippen LogP contribution >= 0.6 is 0 Å². The van der Waals surface area contributed by atoms with Gasteiger partial charge in [0.2, 0.25) is 5.78 Å². The van der Waals surface area contributed by atoms with Crippen molar-refractivity contribution in [1.29, 1.82) is 0 Å². The third-order valence-electron chi connectivity index (χ3n) is 8.36. The van der Waals surface area contributed by atoms with Crippen LogP contribution in [0.15, 0.2) is 35.5 Å². The van der Waals surface area contributed by atoms with Crippen LogP contribution in [0.5, 0.6) is 0 Å². The molecule has 0 aromatic carbocycles. The Morgan fingerprint density at radius 2 is 2.03 bits per heavy atom. The van der Waals surface area contributed by atoms with Gasteiger partial charge in [-0.05, 0) is 62.5 Å². The molecule has 0 radical (unpaired) electrons. The lowest BCUT2D eigenvalue weighted by Gasteiger charge is -2.53. The molecule has 0 bridgehead atoms. The van der Waals surface area contributed by atoms with E-state index >= 15 is 0 Å². The summed E-state index contributed by atoms with van der Waals surface area (Å²) in [5.74, 6) is -0.621. The van der Waals surface area contributed by atoms with Gasteiger partial charge in [-0.15, -0.1) is 0 Å². The van der Waals surface area contributed by atoms with E-state index in [1.807, 2.05) is 19.9 Å². The van der Waals surface area contributed by atoms with Gasteiger partial charge in [-0.1, -0.05) is 37.1 Å². The summed E-state index contributed by atoms with van der Waals surface area (Å²) in [5.41, 5.74) is 0.145. The smallest absolute Gasteiger partial charge is 0.303 e. The molecule has 4 aliphatic rings. The Morgan fingerprint density at radius 1 is 1.31 bits per heavy atom. The molecular formula is C24H30O5. The molecule has 0 amide bonds. The van der Waals surface area contributed by atoms with Crippen molar-refractivity contribution in [2.24, 2.45) is 28.6 Å². The van der Waals surface area contributed by atoms with Gasteiger partial charge in [0.1, 0.15) is 5.60 Å². The molecule has 0 aliphatic heterocycles. The van der Waals surface area contributed by atoms with Crippen LogP contribution < -0.4 is 0 Å². The second kappa shape index (κ2) is 6.49. The molecule has 0 heterocycles. The van der Waals surface area contributed by atoms with Crippen LogP contribution in [0.4, 0.5) is 0 Å². The fourth-order valence-corrected chi connectivity index (χ4v) is 6.74. The third-order valence-corrected chi connectivity index (χ3v) is 8.36. The summed E-state index contributed by atoms with van der Waals surface area (Å²) < 4.78 is 4.95. The highest BCUT2D eigenvalue weighted by atomic mass is 16.5. The number of esters is 1. The maximum absolute atomic E-state index is 13.0. The van der Waals surface area contributed by atoms with Crippen molar-refractivity contribution in [3.05, 3.63) is 35.5 Å². The van der Waals surface area contributed by atoms with E-state index in [-0.39, 0.29) is 35.6 Å². The van der Waals surface area contributed by atoms with Crippen molar-refractivity contribution in [3.8, 4) is 0 Å². The minimum Gasteiger partial charge on any atom is -0.458 e. The fourth-order valence-electron chi connectivity index (χ4n) is 6.74. The summed E-state index contributed by atoms with van der Waals surface area (Å²) >= 11 is 0.